The zero-order valence-corrected chi connectivity index (χ0v) is 10.0. The summed E-state index contributed by atoms with van der Waals surface area (Å²) in [7, 11) is 1.66. The predicted octanol–water partition coefficient (Wildman–Crippen LogP) is 0.884. The molecule has 2 N–H and O–H groups in total. The van der Waals surface area contributed by atoms with Gasteiger partial charge in [-0.3, -0.25) is 4.79 Å². The molecule has 0 saturated heterocycles. The Morgan fingerprint density at radius 2 is 1.88 bits per heavy atom. The fraction of sp³-hybridized carbons (Fsp3) is 0.909. The Kier molecular flexibility index (Phi) is 11.9. The first-order valence-corrected chi connectivity index (χ1v) is 5.76. The Labute approximate surface area is 97.1 Å². The Bertz CT molecular complexity index is 164. The van der Waals surface area contributed by atoms with Crippen LogP contribution >= 0.6 is 0 Å². The lowest BCUT2D eigenvalue weighted by atomic mass is 10.3. The van der Waals surface area contributed by atoms with E-state index in [-0.39, 0.29) is 6.42 Å². The first kappa shape index (κ1) is 15.3. The van der Waals surface area contributed by atoms with Crippen LogP contribution in [0.3, 0.4) is 0 Å². The molecule has 0 aliphatic carbocycles. The number of carbonyl (C=O) groups is 1. The van der Waals surface area contributed by atoms with Crippen molar-refractivity contribution in [3.63, 3.8) is 0 Å². The summed E-state index contributed by atoms with van der Waals surface area (Å²) in [5.41, 5.74) is 0. The van der Waals surface area contributed by atoms with Gasteiger partial charge in [-0.1, -0.05) is 0 Å². The molecule has 5 nitrogen and oxygen atoms in total. The molecule has 0 aliphatic rings. The first-order valence-electron chi connectivity index (χ1n) is 5.76. The number of unbranched alkanes of at least 4 members (excludes halogenated alkanes) is 1. The number of carboxylic acid groups (broad SMARTS) is 1. The summed E-state index contributed by atoms with van der Waals surface area (Å²) in [6, 6.07) is 0. The van der Waals surface area contributed by atoms with E-state index >= 15 is 0 Å². The Morgan fingerprint density at radius 1 is 1.12 bits per heavy atom. The standard InChI is InChI=1S/C11H23NO4/c1-15-9-10-16-8-3-2-6-12-7-4-5-11(13)14/h12H,2-10H2,1H3,(H,13,14). The van der Waals surface area contributed by atoms with Crippen LogP contribution in [0.4, 0.5) is 0 Å². The maximum Gasteiger partial charge on any atom is 0.303 e. The summed E-state index contributed by atoms with van der Waals surface area (Å²) in [6.07, 6.45) is 3.02. The van der Waals surface area contributed by atoms with E-state index in [0.717, 1.165) is 32.5 Å². The van der Waals surface area contributed by atoms with E-state index in [0.29, 0.717) is 19.6 Å². The monoisotopic (exact) mass is 233 g/mol. The number of hydrogen-bond donors (Lipinski definition) is 2. The Balaban J connectivity index is 2.90. The largest absolute Gasteiger partial charge is 0.481 e. The van der Waals surface area contributed by atoms with Gasteiger partial charge in [-0.2, -0.15) is 0 Å². The van der Waals surface area contributed by atoms with Crippen molar-refractivity contribution in [2.45, 2.75) is 25.7 Å². The van der Waals surface area contributed by atoms with Crippen LogP contribution in [0.25, 0.3) is 0 Å². The van der Waals surface area contributed by atoms with Gasteiger partial charge < -0.3 is 19.9 Å². The summed E-state index contributed by atoms with van der Waals surface area (Å²) in [4.78, 5) is 10.2. The third kappa shape index (κ3) is 13.4. The molecule has 0 amide bonds. The predicted molar refractivity (Wildman–Crippen MR) is 61.7 cm³/mol. The average Bonchev–Trinajstić information content (AvgIpc) is 2.25. The van der Waals surface area contributed by atoms with Gasteiger partial charge in [-0.25, -0.2) is 0 Å². The maximum absolute atomic E-state index is 10.2. The number of aliphatic carboxylic acids is 1. The molecule has 0 atom stereocenters. The quantitative estimate of drug-likeness (QED) is 0.490. The third-order valence-electron chi connectivity index (χ3n) is 2.07. The molecule has 0 spiro atoms. The second-order valence-corrected chi connectivity index (χ2v) is 3.56. The van der Waals surface area contributed by atoms with E-state index < -0.39 is 5.97 Å². The minimum absolute atomic E-state index is 0.243. The van der Waals surface area contributed by atoms with Crippen LogP contribution in [-0.4, -0.2) is 51.1 Å². The van der Waals surface area contributed by atoms with Gasteiger partial charge in [0, 0.05) is 20.1 Å². The highest BCUT2D eigenvalue weighted by Crippen LogP contribution is 1.90. The third-order valence-corrected chi connectivity index (χ3v) is 2.07. The summed E-state index contributed by atoms with van der Waals surface area (Å²) in [5, 5.41) is 11.6. The average molecular weight is 233 g/mol. The van der Waals surface area contributed by atoms with Crippen molar-refractivity contribution in [3.8, 4) is 0 Å². The van der Waals surface area contributed by atoms with Crippen molar-refractivity contribution < 1.29 is 19.4 Å². The van der Waals surface area contributed by atoms with E-state index in [9.17, 15) is 4.79 Å². The summed E-state index contributed by atoms with van der Waals surface area (Å²) < 4.78 is 10.2. The number of carboxylic acids is 1. The number of rotatable bonds is 12. The molecule has 0 radical (unpaired) electrons. The van der Waals surface area contributed by atoms with E-state index in [4.69, 9.17) is 14.6 Å². The normalized spacial score (nSPS) is 10.6. The van der Waals surface area contributed by atoms with Gasteiger partial charge in [0.1, 0.15) is 0 Å². The van der Waals surface area contributed by atoms with E-state index in [1.54, 1.807) is 7.11 Å². The van der Waals surface area contributed by atoms with Crippen molar-refractivity contribution in [3.05, 3.63) is 0 Å². The molecule has 0 unspecified atom stereocenters. The molecular formula is C11H23NO4. The molecular weight excluding hydrogens is 210 g/mol. The molecule has 0 aromatic heterocycles. The van der Waals surface area contributed by atoms with Gasteiger partial charge in [-0.05, 0) is 32.4 Å². The highest BCUT2D eigenvalue weighted by atomic mass is 16.5. The van der Waals surface area contributed by atoms with Crippen LogP contribution in [0.15, 0.2) is 0 Å². The number of ether oxygens (including phenoxy) is 2. The molecule has 0 rings (SSSR count). The van der Waals surface area contributed by atoms with Gasteiger partial charge in [0.25, 0.3) is 0 Å². The van der Waals surface area contributed by atoms with Gasteiger partial charge in [-0.15, -0.1) is 0 Å². The van der Waals surface area contributed by atoms with Gasteiger partial charge in [0.2, 0.25) is 0 Å². The zero-order chi connectivity index (χ0) is 12.1. The van der Waals surface area contributed by atoms with Crippen molar-refractivity contribution in [1.82, 2.24) is 5.32 Å². The van der Waals surface area contributed by atoms with E-state index in [1.165, 1.54) is 0 Å². The molecule has 0 fully saturated rings. The zero-order valence-electron chi connectivity index (χ0n) is 10.0. The van der Waals surface area contributed by atoms with Crippen LogP contribution in [0.5, 0.6) is 0 Å². The number of nitrogens with one attached hydrogen (secondary N) is 1. The van der Waals surface area contributed by atoms with E-state index in [1.807, 2.05) is 0 Å². The second-order valence-electron chi connectivity index (χ2n) is 3.56. The molecule has 16 heavy (non-hydrogen) atoms. The van der Waals surface area contributed by atoms with Crippen LogP contribution in [0, 0.1) is 0 Å². The lowest BCUT2D eigenvalue weighted by Crippen LogP contribution is -2.18. The highest BCUT2D eigenvalue weighted by molar-refractivity contribution is 5.66. The van der Waals surface area contributed by atoms with Crippen LogP contribution in [0.1, 0.15) is 25.7 Å². The lowest BCUT2D eigenvalue weighted by Gasteiger charge is -2.04. The molecule has 0 heterocycles. The van der Waals surface area contributed by atoms with Crippen LogP contribution < -0.4 is 5.32 Å². The van der Waals surface area contributed by atoms with Crippen molar-refractivity contribution >= 4 is 5.97 Å². The summed E-state index contributed by atoms with van der Waals surface area (Å²) in [6.45, 7) is 3.76. The van der Waals surface area contributed by atoms with Gasteiger partial charge in [0.05, 0.1) is 13.2 Å². The number of methoxy groups -OCH3 is 1. The topological polar surface area (TPSA) is 67.8 Å². The van der Waals surface area contributed by atoms with E-state index in [2.05, 4.69) is 5.32 Å². The first-order chi connectivity index (χ1) is 7.77. The SMILES string of the molecule is COCCOCCCCNCCCC(=O)O. The molecule has 0 saturated carbocycles. The number of hydrogen-bond acceptors (Lipinski definition) is 4. The minimum atomic E-state index is -0.728. The molecule has 0 aromatic carbocycles. The smallest absolute Gasteiger partial charge is 0.303 e. The molecule has 0 aromatic rings. The summed E-state index contributed by atoms with van der Waals surface area (Å²) >= 11 is 0. The Hall–Kier alpha value is -0.650. The highest BCUT2D eigenvalue weighted by Gasteiger charge is 1.95. The molecule has 0 bridgehead atoms. The Morgan fingerprint density at radius 3 is 2.56 bits per heavy atom. The van der Waals surface area contributed by atoms with Gasteiger partial charge >= 0.3 is 5.97 Å². The van der Waals surface area contributed by atoms with Crippen molar-refractivity contribution in [2.24, 2.45) is 0 Å². The minimum Gasteiger partial charge on any atom is -0.481 e. The second kappa shape index (κ2) is 12.4. The van der Waals surface area contributed by atoms with Crippen LogP contribution in [-0.2, 0) is 14.3 Å². The van der Waals surface area contributed by atoms with Crippen LogP contribution in [0.2, 0.25) is 0 Å². The summed E-state index contributed by atoms with van der Waals surface area (Å²) in [5.74, 6) is -0.728. The molecule has 0 aliphatic heterocycles. The molecule has 96 valence electrons. The fourth-order valence-electron chi connectivity index (χ4n) is 1.19. The van der Waals surface area contributed by atoms with Gasteiger partial charge in [0.15, 0.2) is 0 Å². The molecule has 5 heteroatoms. The fourth-order valence-corrected chi connectivity index (χ4v) is 1.19. The van der Waals surface area contributed by atoms with Crippen molar-refractivity contribution in [1.29, 1.82) is 0 Å². The lowest BCUT2D eigenvalue weighted by molar-refractivity contribution is -0.137. The van der Waals surface area contributed by atoms with Crippen molar-refractivity contribution in [2.75, 3.05) is 40.0 Å². The maximum atomic E-state index is 10.2.